The van der Waals surface area contributed by atoms with E-state index in [-0.39, 0.29) is 23.9 Å². The Kier molecular flexibility index (Phi) is 6.99. The maximum atomic E-state index is 11.7. The Morgan fingerprint density at radius 2 is 2.10 bits per heavy atom. The van der Waals surface area contributed by atoms with Gasteiger partial charge in [0.05, 0.1) is 6.04 Å². The molecule has 3 N–H and O–H groups in total. The van der Waals surface area contributed by atoms with E-state index in [4.69, 9.17) is 5.73 Å². The van der Waals surface area contributed by atoms with Crippen LogP contribution in [0.4, 0.5) is 0 Å². The fraction of sp³-hybridized carbons (Fsp3) is 0.867. The molecular weight excluding hydrogens is 254 g/mol. The Morgan fingerprint density at radius 3 is 2.60 bits per heavy atom. The van der Waals surface area contributed by atoms with Crippen LogP contribution in [0.3, 0.4) is 0 Å². The zero-order valence-electron chi connectivity index (χ0n) is 13.0. The fourth-order valence-corrected chi connectivity index (χ4v) is 2.82. The van der Waals surface area contributed by atoms with Crippen molar-refractivity contribution in [3.63, 3.8) is 0 Å². The van der Waals surface area contributed by atoms with E-state index in [1.807, 2.05) is 11.8 Å². The van der Waals surface area contributed by atoms with Gasteiger partial charge in [0.15, 0.2) is 0 Å². The van der Waals surface area contributed by atoms with Crippen LogP contribution in [0.25, 0.3) is 0 Å². The minimum Gasteiger partial charge on any atom is -0.368 e. The molecule has 1 rings (SSSR count). The van der Waals surface area contributed by atoms with Gasteiger partial charge in [0.2, 0.25) is 11.8 Å². The van der Waals surface area contributed by atoms with Gasteiger partial charge in [-0.1, -0.05) is 33.6 Å². The van der Waals surface area contributed by atoms with Gasteiger partial charge in [0.1, 0.15) is 0 Å². The number of piperidine rings is 1. The van der Waals surface area contributed by atoms with Crippen LogP contribution in [0.15, 0.2) is 0 Å². The van der Waals surface area contributed by atoms with Gasteiger partial charge in [0.25, 0.3) is 0 Å². The van der Waals surface area contributed by atoms with Crippen molar-refractivity contribution in [2.45, 2.75) is 65.0 Å². The van der Waals surface area contributed by atoms with E-state index in [1.54, 1.807) is 0 Å². The number of hydrogen-bond donors (Lipinski definition) is 2. The van der Waals surface area contributed by atoms with E-state index in [0.29, 0.717) is 12.3 Å². The van der Waals surface area contributed by atoms with Crippen LogP contribution in [-0.4, -0.2) is 41.9 Å². The molecule has 0 spiro atoms. The standard InChI is InChI=1S/C15H29N3O2/c1-4-6-7-13(15(16)20)17-12-8-9-18(10-11(12)3)14(19)5-2/h11-13,17H,4-10H2,1-3H3,(H2,16,20). The monoisotopic (exact) mass is 283 g/mol. The van der Waals surface area contributed by atoms with Crippen LogP contribution in [0.1, 0.15) is 52.9 Å². The minimum absolute atomic E-state index is 0.215. The first-order valence-electron chi connectivity index (χ1n) is 7.82. The highest BCUT2D eigenvalue weighted by Gasteiger charge is 2.30. The van der Waals surface area contributed by atoms with Gasteiger partial charge in [0, 0.05) is 25.6 Å². The van der Waals surface area contributed by atoms with Crippen molar-refractivity contribution in [1.29, 1.82) is 0 Å². The molecule has 0 aliphatic carbocycles. The average Bonchev–Trinajstić information content (AvgIpc) is 2.43. The summed E-state index contributed by atoms with van der Waals surface area (Å²) in [6.45, 7) is 7.67. The molecule has 1 aliphatic rings. The number of nitrogens with two attached hydrogens (primary N) is 1. The summed E-state index contributed by atoms with van der Waals surface area (Å²) in [5.41, 5.74) is 5.47. The highest BCUT2D eigenvalue weighted by molar-refractivity contribution is 5.79. The van der Waals surface area contributed by atoms with Gasteiger partial charge in [-0.3, -0.25) is 9.59 Å². The average molecular weight is 283 g/mol. The van der Waals surface area contributed by atoms with E-state index in [2.05, 4.69) is 19.2 Å². The third-order valence-corrected chi connectivity index (χ3v) is 4.17. The highest BCUT2D eigenvalue weighted by atomic mass is 16.2. The topological polar surface area (TPSA) is 75.4 Å². The van der Waals surface area contributed by atoms with Crippen molar-refractivity contribution < 1.29 is 9.59 Å². The summed E-state index contributed by atoms with van der Waals surface area (Å²) in [5.74, 6) is 0.299. The molecule has 1 aliphatic heterocycles. The SMILES string of the molecule is CCCCC(NC1CCN(C(=O)CC)CC1C)C(N)=O. The molecule has 5 nitrogen and oxygen atoms in total. The molecule has 3 atom stereocenters. The number of nitrogens with zero attached hydrogens (tertiary/aromatic N) is 1. The molecule has 0 bridgehead atoms. The highest BCUT2D eigenvalue weighted by Crippen LogP contribution is 2.18. The van der Waals surface area contributed by atoms with E-state index in [9.17, 15) is 9.59 Å². The van der Waals surface area contributed by atoms with Crippen LogP contribution in [0, 0.1) is 5.92 Å². The van der Waals surface area contributed by atoms with Crippen molar-refractivity contribution >= 4 is 11.8 Å². The zero-order chi connectivity index (χ0) is 15.1. The lowest BCUT2D eigenvalue weighted by molar-refractivity contribution is -0.133. The molecule has 0 aromatic carbocycles. The van der Waals surface area contributed by atoms with E-state index in [0.717, 1.165) is 38.8 Å². The zero-order valence-corrected chi connectivity index (χ0v) is 13.0. The summed E-state index contributed by atoms with van der Waals surface area (Å²) in [5, 5.41) is 3.40. The summed E-state index contributed by atoms with van der Waals surface area (Å²) >= 11 is 0. The lowest BCUT2D eigenvalue weighted by Crippen LogP contribution is -2.55. The van der Waals surface area contributed by atoms with Gasteiger partial charge < -0.3 is 16.0 Å². The second kappa shape index (κ2) is 8.25. The summed E-state index contributed by atoms with van der Waals surface area (Å²) in [7, 11) is 0. The van der Waals surface area contributed by atoms with Crippen molar-refractivity contribution in [2.24, 2.45) is 11.7 Å². The molecule has 3 unspecified atom stereocenters. The molecule has 2 amide bonds. The third kappa shape index (κ3) is 4.78. The third-order valence-electron chi connectivity index (χ3n) is 4.17. The number of amides is 2. The van der Waals surface area contributed by atoms with Crippen LogP contribution in [0.5, 0.6) is 0 Å². The van der Waals surface area contributed by atoms with Gasteiger partial charge in [-0.25, -0.2) is 0 Å². The molecule has 1 heterocycles. The number of likely N-dealkylation sites (tertiary alicyclic amines) is 1. The number of carbonyl (C=O) groups is 2. The number of hydrogen-bond acceptors (Lipinski definition) is 3. The Bertz CT molecular complexity index is 333. The summed E-state index contributed by atoms with van der Waals surface area (Å²) in [6, 6.07) is 0.0288. The van der Waals surface area contributed by atoms with Crippen molar-refractivity contribution in [3.05, 3.63) is 0 Å². The number of nitrogens with one attached hydrogen (secondary N) is 1. The van der Waals surface area contributed by atoms with E-state index in [1.165, 1.54) is 0 Å². The minimum atomic E-state index is -0.266. The number of unbranched alkanes of at least 4 members (excludes halogenated alkanes) is 1. The molecule has 0 aromatic rings. The first-order chi connectivity index (χ1) is 9.49. The maximum absolute atomic E-state index is 11.7. The van der Waals surface area contributed by atoms with Gasteiger partial charge in [-0.15, -0.1) is 0 Å². The number of rotatable bonds is 7. The molecule has 0 saturated carbocycles. The molecule has 0 radical (unpaired) electrons. The van der Waals surface area contributed by atoms with Gasteiger partial charge in [-0.2, -0.15) is 0 Å². The van der Waals surface area contributed by atoms with Crippen molar-refractivity contribution in [1.82, 2.24) is 10.2 Å². The lowest BCUT2D eigenvalue weighted by Gasteiger charge is -2.38. The molecule has 20 heavy (non-hydrogen) atoms. The van der Waals surface area contributed by atoms with E-state index >= 15 is 0 Å². The quantitative estimate of drug-likeness (QED) is 0.739. The van der Waals surface area contributed by atoms with E-state index < -0.39 is 0 Å². The summed E-state index contributed by atoms with van der Waals surface area (Å²) in [4.78, 5) is 25.1. The van der Waals surface area contributed by atoms with Crippen molar-refractivity contribution in [2.75, 3.05) is 13.1 Å². The maximum Gasteiger partial charge on any atom is 0.234 e. The normalized spacial score (nSPS) is 24.4. The van der Waals surface area contributed by atoms with Gasteiger partial charge in [-0.05, 0) is 18.8 Å². The smallest absolute Gasteiger partial charge is 0.234 e. The first-order valence-corrected chi connectivity index (χ1v) is 7.82. The fourth-order valence-electron chi connectivity index (χ4n) is 2.82. The lowest BCUT2D eigenvalue weighted by atomic mass is 9.92. The first kappa shape index (κ1) is 17.0. The van der Waals surface area contributed by atoms with Crippen LogP contribution in [-0.2, 0) is 9.59 Å². The van der Waals surface area contributed by atoms with Crippen LogP contribution < -0.4 is 11.1 Å². The largest absolute Gasteiger partial charge is 0.368 e. The van der Waals surface area contributed by atoms with Crippen LogP contribution in [0.2, 0.25) is 0 Å². The molecule has 1 saturated heterocycles. The van der Waals surface area contributed by atoms with Gasteiger partial charge >= 0.3 is 0 Å². The number of primary amides is 1. The van der Waals surface area contributed by atoms with Crippen LogP contribution >= 0.6 is 0 Å². The molecule has 116 valence electrons. The second-order valence-electron chi connectivity index (χ2n) is 5.83. The molecule has 5 heteroatoms. The molecule has 1 fully saturated rings. The van der Waals surface area contributed by atoms with Crippen molar-refractivity contribution in [3.8, 4) is 0 Å². The summed E-state index contributed by atoms with van der Waals surface area (Å²) < 4.78 is 0. The Balaban J connectivity index is 2.51. The Morgan fingerprint density at radius 1 is 1.40 bits per heavy atom. The number of carbonyl (C=O) groups excluding carboxylic acids is 2. The Hall–Kier alpha value is -1.10. The predicted octanol–water partition coefficient (Wildman–Crippen LogP) is 1.27. The predicted molar refractivity (Wildman–Crippen MR) is 80.1 cm³/mol. The Labute approximate surface area is 122 Å². The summed E-state index contributed by atoms with van der Waals surface area (Å²) in [6.07, 6.45) is 4.31. The molecular formula is C15H29N3O2. The second-order valence-corrected chi connectivity index (χ2v) is 5.83. The molecule has 0 aromatic heterocycles.